The summed E-state index contributed by atoms with van der Waals surface area (Å²) in [6, 6.07) is 6.09. The Morgan fingerprint density at radius 3 is 2.65 bits per heavy atom. The monoisotopic (exact) mass is 323 g/mol. The highest BCUT2D eigenvalue weighted by Gasteiger charge is 2.23. The minimum absolute atomic E-state index is 0.00378. The number of amides is 1. The van der Waals surface area contributed by atoms with Crippen LogP contribution in [0, 0.1) is 5.82 Å². The van der Waals surface area contributed by atoms with Gasteiger partial charge in [0.15, 0.2) is 0 Å². The molecule has 1 aliphatic heterocycles. The third-order valence-corrected chi connectivity index (χ3v) is 3.89. The summed E-state index contributed by atoms with van der Waals surface area (Å²) in [5, 5.41) is 0. The highest BCUT2D eigenvalue weighted by atomic mass is 19.1. The van der Waals surface area contributed by atoms with Gasteiger partial charge in [0.05, 0.1) is 7.11 Å². The van der Waals surface area contributed by atoms with Crippen molar-refractivity contribution in [2.75, 3.05) is 20.2 Å². The molecule has 1 aliphatic rings. The van der Waals surface area contributed by atoms with Gasteiger partial charge in [-0.2, -0.15) is 0 Å². The fraction of sp³-hybridized carbons (Fsp3) is 0.529. The maximum atomic E-state index is 13.1. The first-order valence-electron chi connectivity index (χ1n) is 7.85. The van der Waals surface area contributed by atoms with E-state index in [1.807, 2.05) is 0 Å². The van der Waals surface area contributed by atoms with E-state index in [0.29, 0.717) is 31.7 Å². The molecule has 1 amide bonds. The van der Waals surface area contributed by atoms with Crippen LogP contribution in [0.3, 0.4) is 0 Å². The summed E-state index contributed by atoms with van der Waals surface area (Å²) in [6.07, 6.45) is 2.56. The fourth-order valence-electron chi connectivity index (χ4n) is 2.60. The molecule has 1 fully saturated rings. The van der Waals surface area contributed by atoms with Gasteiger partial charge in [0.2, 0.25) is 5.91 Å². The molecule has 0 spiro atoms. The van der Waals surface area contributed by atoms with Crippen molar-refractivity contribution in [3.8, 4) is 5.75 Å². The minimum Gasteiger partial charge on any atom is -0.490 e. The number of esters is 1. The van der Waals surface area contributed by atoms with E-state index in [2.05, 4.69) is 4.74 Å². The highest BCUT2D eigenvalue weighted by molar-refractivity contribution is 5.77. The van der Waals surface area contributed by atoms with Gasteiger partial charge in [0.1, 0.15) is 17.7 Å². The molecule has 2 rings (SSSR count). The van der Waals surface area contributed by atoms with E-state index >= 15 is 0 Å². The lowest BCUT2D eigenvalue weighted by Crippen LogP contribution is -2.41. The van der Waals surface area contributed by atoms with E-state index in [1.54, 1.807) is 17.0 Å². The molecule has 0 aliphatic carbocycles. The molecule has 0 radical (unpaired) electrons. The van der Waals surface area contributed by atoms with E-state index < -0.39 is 0 Å². The lowest BCUT2D eigenvalue weighted by molar-refractivity contribution is -0.141. The Morgan fingerprint density at radius 2 is 2.00 bits per heavy atom. The van der Waals surface area contributed by atoms with Crippen LogP contribution in [0.5, 0.6) is 5.75 Å². The maximum absolute atomic E-state index is 13.1. The first kappa shape index (κ1) is 17.2. The number of hydrogen-bond acceptors (Lipinski definition) is 4. The van der Waals surface area contributed by atoms with Gasteiger partial charge < -0.3 is 14.4 Å². The lowest BCUT2D eigenvalue weighted by atomic mass is 10.1. The molecule has 0 saturated carbocycles. The van der Waals surface area contributed by atoms with Crippen LogP contribution in [0.2, 0.25) is 0 Å². The molecule has 5 nitrogen and oxygen atoms in total. The number of methoxy groups -OCH3 is 1. The molecule has 0 N–H and O–H groups in total. The maximum Gasteiger partial charge on any atom is 0.305 e. The quantitative estimate of drug-likeness (QED) is 0.755. The van der Waals surface area contributed by atoms with Crippen molar-refractivity contribution in [1.82, 2.24) is 4.90 Å². The molecule has 1 aromatic rings. The number of hydrogen-bond donors (Lipinski definition) is 0. The molecule has 1 saturated heterocycles. The van der Waals surface area contributed by atoms with Crippen LogP contribution < -0.4 is 4.74 Å². The Balaban J connectivity index is 1.71. The van der Waals surface area contributed by atoms with Gasteiger partial charge in [0.25, 0.3) is 0 Å². The van der Waals surface area contributed by atoms with Gasteiger partial charge in [-0.3, -0.25) is 9.59 Å². The molecule has 6 heteroatoms. The van der Waals surface area contributed by atoms with E-state index in [-0.39, 0.29) is 30.2 Å². The zero-order chi connectivity index (χ0) is 16.7. The van der Waals surface area contributed by atoms with Gasteiger partial charge in [0, 0.05) is 44.8 Å². The minimum atomic E-state index is -0.319. The number of carbonyl (C=O) groups excluding carboxylic acids is 2. The number of benzene rings is 1. The second kappa shape index (κ2) is 8.50. The van der Waals surface area contributed by atoms with Gasteiger partial charge in [-0.1, -0.05) is 6.07 Å². The van der Waals surface area contributed by atoms with Crippen molar-refractivity contribution in [3.05, 3.63) is 30.1 Å². The molecule has 0 bridgehead atoms. The van der Waals surface area contributed by atoms with Gasteiger partial charge in [-0.15, -0.1) is 0 Å². The van der Waals surface area contributed by atoms with Crippen LogP contribution in [0.1, 0.15) is 32.1 Å². The van der Waals surface area contributed by atoms with Crippen molar-refractivity contribution in [3.63, 3.8) is 0 Å². The van der Waals surface area contributed by atoms with Crippen LogP contribution >= 0.6 is 0 Å². The van der Waals surface area contributed by atoms with Crippen molar-refractivity contribution < 1.29 is 23.5 Å². The molecule has 0 unspecified atom stereocenters. The molecule has 1 heterocycles. The molecule has 126 valence electrons. The predicted molar refractivity (Wildman–Crippen MR) is 82.5 cm³/mol. The van der Waals surface area contributed by atoms with Crippen LogP contribution in [-0.2, 0) is 14.3 Å². The lowest BCUT2D eigenvalue weighted by Gasteiger charge is -2.32. The largest absolute Gasteiger partial charge is 0.490 e. The summed E-state index contributed by atoms with van der Waals surface area (Å²) in [5.74, 6) is -0.0355. The Labute approximate surface area is 135 Å². The standard InChI is InChI=1S/C17H22FNO4/c1-22-17(21)7-3-6-16(20)19-10-8-14(9-11-19)23-15-5-2-4-13(18)12-15/h2,4-5,12,14H,3,6-11H2,1H3. The van der Waals surface area contributed by atoms with Crippen LogP contribution in [0.4, 0.5) is 4.39 Å². The second-order valence-electron chi connectivity index (χ2n) is 5.59. The zero-order valence-electron chi connectivity index (χ0n) is 13.3. The number of nitrogens with zero attached hydrogens (tertiary/aromatic N) is 1. The van der Waals surface area contributed by atoms with Crippen LogP contribution in [0.25, 0.3) is 0 Å². The number of piperidine rings is 1. The molecule has 23 heavy (non-hydrogen) atoms. The fourth-order valence-corrected chi connectivity index (χ4v) is 2.60. The Hall–Kier alpha value is -2.11. The van der Waals surface area contributed by atoms with E-state index in [9.17, 15) is 14.0 Å². The third kappa shape index (κ3) is 5.54. The molecular formula is C17H22FNO4. The summed E-state index contributed by atoms with van der Waals surface area (Å²) in [6.45, 7) is 1.24. The van der Waals surface area contributed by atoms with Crippen molar-refractivity contribution in [2.24, 2.45) is 0 Å². The van der Waals surface area contributed by atoms with Gasteiger partial charge >= 0.3 is 5.97 Å². The summed E-state index contributed by atoms with van der Waals surface area (Å²) in [7, 11) is 1.34. The molecular weight excluding hydrogens is 301 g/mol. The SMILES string of the molecule is COC(=O)CCCC(=O)N1CCC(Oc2cccc(F)c2)CC1. The number of likely N-dealkylation sites (tertiary alicyclic amines) is 1. The predicted octanol–water partition coefficient (Wildman–Crippen LogP) is 2.54. The number of ether oxygens (including phenoxy) is 2. The second-order valence-corrected chi connectivity index (χ2v) is 5.59. The van der Waals surface area contributed by atoms with Crippen LogP contribution in [-0.4, -0.2) is 43.1 Å². The highest BCUT2D eigenvalue weighted by Crippen LogP contribution is 2.20. The Kier molecular flexibility index (Phi) is 6.38. The van der Waals surface area contributed by atoms with Crippen molar-refractivity contribution in [2.45, 2.75) is 38.2 Å². The first-order valence-corrected chi connectivity index (χ1v) is 7.85. The number of rotatable bonds is 6. The average molecular weight is 323 g/mol. The molecule has 0 atom stereocenters. The van der Waals surface area contributed by atoms with Crippen molar-refractivity contribution >= 4 is 11.9 Å². The van der Waals surface area contributed by atoms with E-state index in [0.717, 1.165) is 12.8 Å². The van der Waals surface area contributed by atoms with Crippen LogP contribution in [0.15, 0.2) is 24.3 Å². The van der Waals surface area contributed by atoms with Gasteiger partial charge in [-0.25, -0.2) is 4.39 Å². The number of carbonyl (C=O) groups is 2. The third-order valence-electron chi connectivity index (χ3n) is 3.89. The Morgan fingerprint density at radius 1 is 1.26 bits per heavy atom. The number of halogens is 1. The van der Waals surface area contributed by atoms with Gasteiger partial charge in [-0.05, 0) is 18.6 Å². The summed E-state index contributed by atoms with van der Waals surface area (Å²) in [5.41, 5.74) is 0. The first-order chi connectivity index (χ1) is 11.1. The van der Waals surface area contributed by atoms with Crippen molar-refractivity contribution in [1.29, 1.82) is 0 Å². The normalized spacial score (nSPS) is 15.3. The topological polar surface area (TPSA) is 55.8 Å². The summed E-state index contributed by atoms with van der Waals surface area (Å²) < 4.78 is 23.4. The smallest absolute Gasteiger partial charge is 0.305 e. The average Bonchev–Trinajstić information content (AvgIpc) is 2.55. The Bertz CT molecular complexity index is 541. The summed E-state index contributed by atoms with van der Waals surface area (Å²) in [4.78, 5) is 24.9. The zero-order valence-corrected chi connectivity index (χ0v) is 13.3. The molecule has 0 aromatic heterocycles. The summed E-state index contributed by atoms with van der Waals surface area (Å²) >= 11 is 0. The molecule has 1 aromatic carbocycles. The van der Waals surface area contributed by atoms with E-state index in [1.165, 1.54) is 19.2 Å². The van der Waals surface area contributed by atoms with E-state index in [4.69, 9.17) is 4.74 Å².